The second-order valence-corrected chi connectivity index (χ2v) is 9.79. The number of carbonyl (C=O) groups excluding carboxylic acids is 1. The van der Waals surface area contributed by atoms with Crippen molar-refractivity contribution in [1.82, 2.24) is 14.5 Å². The molecular weight excluding hydrogens is 427 g/mol. The van der Waals surface area contributed by atoms with Gasteiger partial charge in [-0.3, -0.25) is 0 Å². The highest BCUT2D eigenvalue weighted by Crippen LogP contribution is 2.38. The molecular formula is C20H23FN4O5S. The van der Waals surface area contributed by atoms with Crippen LogP contribution < -0.4 is 14.8 Å². The number of methoxy groups -OCH3 is 1. The maximum Gasteiger partial charge on any atom is 0.333 e. The van der Waals surface area contributed by atoms with Crippen LogP contribution in [0.1, 0.15) is 35.1 Å². The number of aromatic nitrogens is 2. The first-order valence-electron chi connectivity index (χ1n) is 10.2. The Morgan fingerprint density at radius 1 is 1.23 bits per heavy atom. The number of urea groups is 1. The Balaban J connectivity index is 1.38. The highest BCUT2D eigenvalue weighted by Gasteiger charge is 2.40. The highest BCUT2D eigenvalue weighted by molar-refractivity contribution is 7.90. The number of halogens is 1. The first-order valence-corrected chi connectivity index (χ1v) is 11.7. The summed E-state index contributed by atoms with van der Waals surface area (Å²) in [5, 5.41) is 6.66. The first kappa shape index (κ1) is 20.3. The lowest BCUT2D eigenvalue weighted by atomic mass is 9.99. The Hall–Kier alpha value is -2.66. The van der Waals surface area contributed by atoms with Crippen molar-refractivity contribution >= 4 is 21.7 Å². The Morgan fingerprint density at radius 3 is 2.55 bits per heavy atom. The molecule has 2 aromatic rings. The number of benzene rings is 1. The number of hydrogen-bond donors (Lipinski definition) is 2. The van der Waals surface area contributed by atoms with Gasteiger partial charge in [0.05, 0.1) is 6.20 Å². The fourth-order valence-electron chi connectivity index (χ4n) is 4.65. The van der Waals surface area contributed by atoms with Crippen LogP contribution in [0, 0.1) is 0 Å². The molecule has 0 saturated heterocycles. The number of hydrogen-bond acceptors (Lipinski definition) is 6. The number of aryl methyl sites for hydroxylation is 2. The third-order valence-electron chi connectivity index (χ3n) is 6.16. The minimum absolute atomic E-state index is 0.132. The van der Waals surface area contributed by atoms with Gasteiger partial charge >= 0.3 is 6.03 Å². The number of fused-ring (bicyclic) bond motifs is 3. The van der Waals surface area contributed by atoms with E-state index in [9.17, 15) is 17.6 Å². The van der Waals surface area contributed by atoms with E-state index in [0.717, 1.165) is 66.2 Å². The average Bonchev–Trinajstić information content (AvgIpc) is 3.46. The summed E-state index contributed by atoms with van der Waals surface area (Å²) in [6.45, 7) is -0.797. The summed E-state index contributed by atoms with van der Waals surface area (Å²) in [6.07, 6.45) is 6.72. The van der Waals surface area contributed by atoms with Gasteiger partial charge in [0, 0.05) is 12.8 Å². The van der Waals surface area contributed by atoms with Crippen LogP contribution in [-0.2, 0) is 47.0 Å². The van der Waals surface area contributed by atoms with E-state index in [1.54, 1.807) is 0 Å². The van der Waals surface area contributed by atoms with E-state index in [2.05, 4.69) is 16.5 Å². The van der Waals surface area contributed by atoms with E-state index in [0.29, 0.717) is 0 Å². The van der Waals surface area contributed by atoms with Gasteiger partial charge in [-0.05, 0) is 60.8 Å². The van der Waals surface area contributed by atoms with Gasteiger partial charge in [-0.25, -0.2) is 27.0 Å². The van der Waals surface area contributed by atoms with E-state index in [1.165, 1.54) is 18.2 Å². The van der Waals surface area contributed by atoms with Crippen molar-refractivity contribution in [1.29, 1.82) is 0 Å². The molecule has 1 aliphatic heterocycles. The third kappa shape index (κ3) is 3.45. The van der Waals surface area contributed by atoms with Gasteiger partial charge in [-0.2, -0.15) is 5.10 Å². The minimum atomic E-state index is -4.28. The zero-order valence-corrected chi connectivity index (χ0v) is 17.8. The van der Waals surface area contributed by atoms with Crippen molar-refractivity contribution in [2.24, 2.45) is 0 Å². The molecule has 11 heteroatoms. The maximum atomic E-state index is 14.3. The van der Waals surface area contributed by atoms with Crippen molar-refractivity contribution in [3.63, 3.8) is 0 Å². The number of ether oxygens (including phenoxy) is 2. The summed E-state index contributed by atoms with van der Waals surface area (Å²) in [5.74, 6) is -2.23. The van der Waals surface area contributed by atoms with Crippen molar-refractivity contribution in [2.45, 2.75) is 55.8 Å². The van der Waals surface area contributed by atoms with Crippen molar-refractivity contribution in [3.05, 3.63) is 34.5 Å². The van der Waals surface area contributed by atoms with E-state index in [-0.39, 0.29) is 17.3 Å². The molecule has 2 amide bonds. The number of anilines is 1. The average molecular weight is 450 g/mol. The molecule has 1 unspecified atom stereocenters. The van der Waals surface area contributed by atoms with Gasteiger partial charge in [0.15, 0.2) is 11.5 Å². The van der Waals surface area contributed by atoms with E-state index >= 15 is 0 Å². The summed E-state index contributed by atoms with van der Waals surface area (Å²) in [5.41, 5.74) is 5.39. The zero-order chi connectivity index (χ0) is 21.8. The maximum absolute atomic E-state index is 14.3. The molecule has 3 aliphatic rings. The predicted molar refractivity (Wildman–Crippen MR) is 108 cm³/mol. The number of amides is 2. The molecule has 1 atom stereocenters. The molecule has 0 radical (unpaired) electrons. The minimum Gasteiger partial charge on any atom is -0.471 e. The summed E-state index contributed by atoms with van der Waals surface area (Å²) in [6, 6.07) is 1.38. The molecule has 5 rings (SSSR count). The fourth-order valence-corrected chi connectivity index (χ4v) is 5.64. The monoisotopic (exact) mass is 450 g/mol. The molecule has 2 heterocycles. The summed E-state index contributed by atoms with van der Waals surface area (Å²) in [7, 11) is -3.09. The topological polar surface area (TPSA) is 112 Å². The van der Waals surface area contributed by atoms with Crippen LogP contribution >= 0.6 is 0 Å². The normalized spacial score (nSPS) is 21.7. The Kier molecular flexibility index (Phi) is 4.70. The number of rotatable bonds is 4. The van der Waals surface area contributed by atoms with Crippen LogP contribution in [0.4, 0.5) is 14.9 Å². The van der Waals surface area contributed by atoms with E-state index in [1.807, 2.05) is 4.72 Å². The lowest BCUT2D eigenvalue weighted by Crippen LogP contribution is -2.42. The molecule has 0 bridgehead atoms. The molecule has 166 valence electrons. The number of carbonyl (C=O) groups is 1. The van der Waals surface area contributed by atoms with Crippen LogP contribution in [0.15, 0.2) is 17.2 Å². The zero-order valence-electron chi connectivity index (χ0n) is 17.0. The largest absolute Gasteiger partial charge is 0.471 e. The van der Waals surface area contributed by atoms with E-state index in [4.69, 9.17) is 9.47 Å². The van der Waals surface area contributed by atoms with Gasteiger partial charge in [0.2, 0.25) is 5.88 Å². The van der Waals surface area contributed by atoms with Crippen molar-refractivity contribution < 1.29 is 27.1 Å². The fraction of sp³-hybridized carbons (Fsp3) is 0.500. The highest BCUT2D eigenvalue weighted by atomic mass is 32.2. The number of sulfonamides is 1. The second-order valence-electron chi connectivity index (χ2n) is 8.14. The predicted octanol–water partition coefficient (Wildman–Crippen LogP) is 2.08. The Bertz CT molecular complexity index is 1150. The van der Waals surface area contributed by atoms with E-state index < -0.39 is 28.5 Å². The van der Waals surface area contributed by atoms with Gasteiger partial charge in [0.25, 0.3) is 15.9 Å². The lowest BCUT2D eigenvalue weighted by Gasteiger charge is -2.29. The molecule has 2 N–H and O–H groups in total. The molecule has 1 aromatic heterocycles. The van der Waals surface area contributed by atoms with Gasteiger partial charge < -0.3 is 14.8 Å². The van der Waals surface area contributed by atoms with Crippen LogP contribution in [-0.4, -0.2) is 43.8 Å². The van der Waals surface area contributed by atoms with Crippen molar-refractivity contribution in [3.8, 4) is 5.88 Å². The SMILES string of the molecule is COC1(F)COc2c(S(=O)(=O)NC(=O)Nc3c4c(cc5c3CCC5)CCC4)cnn2C1. The van der Waals surface area contributed by atoms with Crippen molar-refractivity contribution in [2.75, 3.05) is 19.0 Å². The van der Waals surface area contributed by atoms with Crippen LogP contribution in [0.3, 0.4) is 0 Å². The quantitative estimate of drug-likeness (QED) is 0.738. The van der Waals surface area contributed by atoms with Gasteiger partial charge in [-0.1, -0.05) is 6.07 Å². The molecule has 31 heavy (non-hydrogen) atoms. The van der Waals surface area contributed by atoms with Crippen LogP contribution in [0.25, 0.3) is 0 Å². The summed E-state index contributed by atoms with van der Waals surface area (Å²) in [4.78, 5) is 12.4. The third-order valence-corrected chi connectivity index (χ3v) is 7.48. The first-order chi connectivity index (χ1) is 14.8. The molecule has 9 nitrogen and oxygen atoms in total. The second kappa shape index (κ2) is 7.20. The lowest BCUT2D eigenvalue weighted by molar-refractivity contribution is -0.170. The van der Waals surface area contributed by atoms with Crippen LogP contribution in [0.2, 0.25) is 0 Å². The Morgan fingerprint density at radius 2 is 1.90 bits per heavy atom. The summed E-state index contributed by atoms with van der Waals surface area (Å²) < 4.78 is 53.1. The molecule has 0 spiro atoms. The molecule has 0 saturated carbocycles. The molecule has 0 fully saturated rings. The summed E-state index contributed by atoms with van der Waals surface area (Å²) >= 11 is 0. The Labute approximate surface area is 179 Å². The van der Waals surface area contributed by atoms with Crippen LogP contribution in [0.5, 0.6) is 5.88 Å². The number of alkyl halides is 1. The number of nitrogens with one attached hydrogen (secondary N) is 2. The molecule has 1 aromatic carbocycles. The van der Waals surface area contributed by atoms with Gasteiger partial charge in [-0.15, -0.1) is 0 Å². The molecule has 2 aliphatic carbocycles. The standard InChI is InChI=1S/C20H23FN4O5S/c1-29-20(21)10-25-18(30-11-20)16(9-22-25)31(27,28)24-19(26)23-17-14-6-2-4-12(14)8-13-5-3-7-15(13)17/h8-9H,2-7,10-11H2,1H3,(H2,23,24,26). The number of nitrogens with zero attached hydrogens (tertiary/aromatic N) is 2. The van der Waals surface area contributed by atoms with Gasteiger partial charge in [0.1, 0.15) is 6.54 Å². The smallest absolute Gasteiger partial charge is 0.333 e.